The van der Waals surface area contributed by atoms with Crippen molar-refractivity contribution < 1.29 is 14.6 Å². The molecule has 0 saturated heterocycles. The van der Waals surface area contributed by atoms with E-state index in [0.29, 0.717) is 24.8 Å². The molecule has 1 heterocycles. The Hall–Kier alpha value is -1.43. The van der Waals surface area contributed by atoms with Gasteiger partial charge in [0.2, 0.25) is 0 Å². The van der Waals surface area contributed by atoms with Crippen LogP contribution in [-0.2, 0) is 17.7 Å². The molecule has 0 spiro atoms. The van der Waals surface area contributed by atoms with Gasteiger partial charge < -0.3 is 9.84 Å². The fourth-order valence-corrected chi connectivity index (χ4v) is 2.01. The van der Waals surface area contributed by atoms with Crippen molar-refractivity contribution in [1.29, 1.82) is 0 Å². The molecule has 0 unspecified atom stereocenters. The maximum atomic E-state index is 11.9. The summed E-state index contributed by atoms with van der Waals surface area (Å²) in [5.74, 6) is 0.0163. The number of unbranched alkanes of at least 4 members (excludes halogenated alkanes) is 2. The summed E-state index contributed by atoms with van der Waals surface area (Å²) >= 11 is 0. The number of aromatic nitrogens is 3. The molecule has 0 radical (unpaired) electrons. The van der Waals surface area contributed by atoms with Gasteiger partial charge in [0, 0.05) is 13.2 Å². The Morgan fingerprint density at radius 3 is 2.70 bits per heavy atom. The summed E-state index contributed by atoms with van der Waals surface area (Å²) in [6, 6.07) is 0. The molecule has 1 rings (SSSR count). The molecule has 6 nitrogen and oxygen atoms in total. The highest BCUT2D eigenvalue weighted by molar-refractivity contribution is 5.88. The van der Waals surface area contributed by atoms with Crippen LogP contribution in [0.25, 0.3) is 0 Å². The van der Waals surface area contributed by atoms with Gasteiger partial charge in [-0.3, -0.25) is 0 Å². The van der Waals surface area contributed by atoms with Crippen molar-refractivity contribution in [3.05, 3.63) is 11.4 Å². The molecule has 0 fully saturated rings. The van der Waals surface area contributed by atoms with Gasteiger partial charge in [-0.15, -0.1) is 5.10 Å². The van der Waals surface area contributed by atoms with Crippen LogP contribution < -0.4 is 0 Å². The van der Waals surface area contributed by atoms with Crippen molar-refractivity contribution in [3.8, 4) is 0 Å². The predicted molar refractivity (Wildman–Crippen MR) is 75.5 cm³/mol. The van der Waals surface area contributed by atoms with Crippen molar-refractivity contribution in [2.24, 2.45) is 5.92 Å². The number of aliphatic hydroxyl groups excluding tert-OH is 1. The highest BCUT2D eigenvalue weighted by Crippen LogP contribution is 2.14. The van der Waals surface area contributed by atoms with E-state index in [1.165, 1.54) is 0 Å². The Kier molecular flexibility index (Phi) is 7.22. The molecule has 20 heavy (non-hydrogen) atoms. The zero-order valence-corrected chi connectivity index (χ0v) is 12.6. The third-order valence-corrected chi connectivity index (χ3v) is 2.94. The second-order valence-electron chi connectivity index (χ2n) is 5.21. The molecule has 0 bridgehead atoms. The summed E-state index contributed by atoms with van der Waals surface area (Å²) in [6.07, 6.45) is 3.39. The Labute approximate surface area is 120 Å². The first kappa shape index (κ1) is 16.6. The van der Waals surface area contributed by atoms with Gasteiger partial charge in [0.1, 0.15) is 0 Å². The molecule has 1 aromatic rings. The van der Waals surface area contributed by atoms with Gasteiger partial charge in [-0.25, -0.2) is 9.48 Å². The van der Waals surface area contributed by atoms with Gasteiger partial charge in [0.05, 0.1) is 12.3 Å². The maximum absolute atomic E-state index is 11.9. The number of hydrogen-bond donors (Lipinski definition) is 1. The fraction of sp³-hybridized carbons (Fsp3) is 0.786. The highest BCUT2D eigenvalue weighted by atomic mass is 16.5. The molecule has 0 aliphatic carbocycles. The van der Waals surface area contributed by atoms with Crippen LogP contribution in [0.15, 0.2) is 0 Å². The molecule has 1 N–H and O–H groups in total. The SMILES string of the molecule is CCOC(=O)c1nnn(CCCCCO)c1CC(C)C. The van der Waals surface area contributed by atoms with Gasteiger partial charge in [-0.05, 0) is 38.5 Å². The number of aliphatic hydroxyl groups is 1. The molecular weight excluding hydrogens is 258 g/mol. The number of carbonyl (C=O) groups excluding carboxylic acids is 1. The maximum Gasteiger partial charge on any atom is 0.360 e. The van der Waals surface area contributed by atoms with E-state index in [4.69, 9.17) is 9.84 Å². The predicted octanol–water partition coefficient (Wildman–Crippen LogP) is 1.82. The third kappa shape index (κ3) is 4.92. The van der Waals surface area contributed by atoms with Crippen LogP contribution in [0.2, 0.25) is 0 Å². The quantitative estimate of drug-likeness (QED) is 0.552. The van der Waals surface area contributed by atoms with Gasteiger partial charge in [-0.2, -0.15) is 0 Å². The minimum absolute atomic E-state index is 0.213. The molecule has 0 saturated carbocycles. The van der Waals surface area contributed by atoms with Crippen LogP contribution in [-0.4, -0.2) is 39.3 Å². The second kappa shape index (κ2) is 8.68. The standard InChI is InChI=1S/C14H25N3O3/c1-4-20-14(19)13-12(10-11(2)3)17(16-15-13)8-6-5-7-9-18/h11,18H,4-10H2,1-3H3. The van der Waals surface area contributed by atoms with Crippen molar-refractivity contribution in [2.75, 3.05) is 13.2 Å². The van der Waals surface area contributed by atoms with E-state index in [0.717, 1.165) is 31.4 Å². The first-order chi connectivity index (χ1) is 9.60. The van der Waals surface area contributed by atoms with Crippen LogP contribution in [0.1, 0.15) is 56.2 Å². The van der Waals surface area contributed by atoms with E-state index in [1.54, 1.807) is 11.6 Å². The Morgan fingerprint density at radius 1 is 1.35 bits per heavy atom. The van der Waals surface area contributed by atoms with Crippen molar-refractivity contribution in [1.82, 2.24) is 15.0 Å². The summed E-state index contributed by atoms with van der Waals surface area (Å²) < 4.78 is 6.81. The van der Waals surface area contributed by atoms with E-state index in [2.05, 4.69) is 24.2 Å². The number of hydrogen-bond acceptors (Lipinski definition) is 5. The number of rotatable bonds is 9. The average Bonchev–Trinajstić information content (AvgIpc) is 2.77. The lowest BCUT2D eigenvalue weighted by Gasteiger charge is -2.09. The Balaban J connectivity index is 2.79. The molecule has 0 atom stereocenters. The number of ether oxygens (including phenoxy) is 1. The number of nitrogens with zero attached hydrogens (tertiary/aromatic N) is 3. The van der Waals surface area contributed by atoms with Gasteiger partial charge >= 0.3 is 5.97 Å². The number of carbonyl (C=O) groups is 1. The molecule has 0 amide bonds. The molecule has 0 aliphatic rings. The van der Waals surface area contributed by atoms with Gasteiger partial charge in [-0.1, -0.05) is 19.1 Å². The summed E-state index contributed by atoms with van der Waals surface area (Å²) in [5, 5.41) is 16.8. The van der Waals surface area contributed by atoms with Crippen molar-refractivity contribution >= 4 is 5.97 Å². The highest BCUT2D eigenvalue weighted by Gasteiger charge is 2.21. The van der Waals surface area contributed by atoms with E-state index in [9.17, 15) is 4.79 Å². The molecular formula is C14H25N3O3. The molecule has 1 aromatic heterocycles. The van der Waals surface area contributed by atoms with Crippen LogP contribution in [0.4, 0.5) is 0 Å². The lowest BCUT2D eigenvalue weighted by Crippen LogP contribution is -2.13. The largest absolute Gasteiger partial charge is 0.461 e. The van der Waals surface area contributed by atoms with E-state index >= 15 is 0 Å². The summed E-state index contributed by atoms with van der Waals surface area (Å²) in [7, 11) is 0. The van der Waals surface area contributed by atoms with E-state index < -0.39 is 5.97 Å². The lowest BCUT2D eigenvalue weighted by molar-refractivity contribution is 0.0517. The van der Waals surface area contributed by atoms with E-state index in [-0.39, 0.29) is 6.61 Å². The molecule has 0 aromatic carbocycles. The zero-order valence-electron chi connectivity index (χ0n) is 12.6. The smallest absolute Gasteiger partial charge is 0.360 e. The average molecular weight is 283 g/mol. The summed E-state index contributed by atoms with van der Waals surface area (Å²) in [5.41, 5.74) is 1.19. The first-order valence-corrected chi connectivity index (χ1v) is 7.30. The van der Waals surface area contributed by atoms with Crippen LogP contribution in [0, 0.1) is 5.92 Å². The zero-order chi connectivity index (χ0) is 15.0. The first-order valence-electron chi connectivity index (χ1n) is 7.30. The molecule has 6 heteroatoms. The van der Waals surface area contributed by atoms with Gasteiger partial charge in [0.25, 0.3) is 0 Å². The topological polar surface area (TPSA) is 77.2 Å². The van der Waals surface area contributed by atoms with Crippen molar-refractivity contribution in [2.45, 2.75) is 53.0 Å². The Bertz CT molecular complexity index is 416. The fourth-order valence-electron chi connectivity index (χ4n) is 2.01. The lowest BCUT2D eigenvalue weighted by atomic mass is 10.1. The second-order valence-corrected chi connectivity index (χ2v) is 5.21. The molecule has 0 aliphatic heterocycles. The van der Waals surface area contributed by atoms with Gasteiger partial charge in [0.15, 0.2) is 5.69 Å². The molecule has 114 valence electrons. The van der Waals surface area contributed by atoms with Crippen LogP contribution >= 0.6 is 0 Å². The van der Waals surface area contributed by atoms with Crippen molar-refractivity contribution in [3.63, 3.8) is 0 Å². The number of aryl methyl sites for hydroxylation is 1. The summed E-state index contributed by atoms with van der Waals surface area (Å²) in [4.78, 5) is 11.9. The van der Waals surface area contributed by atoms with Crippen LogP contribution in [0.5, 0.6) is 0 Å². The number of esters is 1. The Morgan fingerprint density at radius 2 is 2.10 bits per heavy atom. The summed E-state index contributed by atoms with van der Waals surface area (Å²) in [6.45, 7) is 7.23. The third-order valence-electron chi connectivity index (χ3n) is 2.94. The van der Waals surface area contributed by atoms with E-state index in [1.807, 2.05) is 0 Å². The monoisotopic (exact) mass is 283 g/mol. The minimum Gasteiger partial charge on any atom is -0.461 e. The minimum atomic E-state index is -0.398. The normalized spacial score (nSPS) is 11.1. The van der Waals surface area contributed by atoms with Crippen LogP contribution in [0.3, 0.4) is 0 Å².